The van der Waals surface area contributed by atoms with Crippen molar-refractivity contribution >= 4 is 11.6 Å². The molecule has 0 saturated carbocycles. The number of benzene rings is 1. The predicted octanol–water partition coefficient (Wildman–Crippen LogP) is 1.64. The van der Waals surface area contributed by atoms with E-state index >= 15 is 0 Å². The van der Waals surface area contributed by atoms with Crippen LogP contribution < -0.4 is 10.9 Å². The summed E-state index contributed by atoms with van der Waals surface area (Å²) in [5.74, 6) is -0.347. The van der Waals surface area contributed by atoms with E-state index in [4.69, 9.17) is 0 Å². The number of anilines is 1. The van der Waals surface area contributed by atoms with Crippen molar-refractivity contribution in [2.24, 2.45) is 0 Å². The van der Waals surface area contributed by atoms with Crippen LogP contribution in [0.25, 0.3) is 0 Å². The maximum absolute atomic E-state index is 11.9. The van der Waals surface area contributed by atoms with Gasteiger partial charge in [0.05, 0.1) is 0 Å². The van der Waals surface area contributed by atoms with Crippen molar-refractivity contribution < 1.29 is 4.79 Å². The third-order valence-electron chi connectivity index (χ3n) is 2.55. The average Bonchev–Trinajstić information content (AvgIpc) is 2.34. The number of hydrogen-bond acceptors (Lipinski definition) is 3. The summed E-state index contributed by atoms with van der Waals surface area (Å²) in [6, 6.07) is 8.46. The molecule has 0 aliphatic carbocycles. The van der Waals surface area contributed by atoms with Crippen LogP contribution in [0, 0.1) is 13.8 Å². The second-order valence-corrected chi connectivity index (χ2v) is 4.08. The maximum atomic E-state index is 11.9. The molecule has 2 rings (SSSR count). The molecule has 2 N–H and O–H groups in total. The fraction of sp³-hybridized carbons (Fsp3) is 0.154. The molecule has 0 saturated heterocycles. The lowest BCUT2D eigenvalue weighted by atomic mass is 10.1. The predicted molar refractivity (Wildman–Crippen MR) is 68.7 cm³/mol. The van der Waals surface area contributed by atoms with Crippen molar-refractivity contribution in [1.82, 2.24) is 10.2 Å². The normalized spacial score (nSPS) is 10.1. The molecule has 0 unspecified atom stereocenters. The molecule has 0 fully saturated rings. The van der Waals surface area contributed by atoms with E-state index in [2.05, 4.69) is 15.5 Å². The van der Waals surface area contributed by atoms with Gasteiger partial charge in [-0.25, -0.2) is 5.10 Å². The lowest BCUT2D eigenvalue weighted by molar-refractivity contribution is 0.102. The Bertz CT molecular complexity index is 626. The number of amides is 1. The number of nitrogens with one attached hydrogen (secondary N) is 2. The molecule has 1 heterocycles. The zero-order valence-corrected chi connectivity index (χ0v) is 10.2. The van der Waals surface area contributed by atoms with E-state index in [-0.39, 0.29) is 17.2 Å². The molecule has 18 heavy (non-hydrogen) atoms. The molecule has 92 valence electrons. The largest absolute Gasteiger partial charge is 0.320 e. The highest BCUT2D eigenvalue weighted by molar-refractivity contribution is 6.03. The standard InChI is InChI=1S/C13H13N3O2/c1-8-3-4-9(2)11(7-8)14-13(18)10-5-6-12(17)16-15-10/h3-7H,1-2H3,(H,14,18)(H,16,17). The minimum absolute atomic E-state index is 0.176. The van der Waals surface area contributed by atoms with Crippen LogP contribution in [-0.4, -0.2) is 16.1 Å². The van der Waals surface area contributed by atoms with Gasteiger partial charge >= 0.3 is 0 Å². The molecule has 5 heteroatoms. The van der Waals surface area contributed by atoms with Crippen LogP contribution in [0.5, 0.6) is 0 Å². The number of aryl methyl sites for hydroxylation is 2. The monoisotopic (exact) mass is 243 g/mol. The number of aromatic nitrogens is 2. The molecule has 0 bridgehead atoms. The van der Waals surface area contributed by atoms with E-state index in [1.807, 2.05) is 32.0 Å². The first-order chi connectivity index (χ1) is 8.56. The molecule has 1 amide bonds. The Labute approximate surface area is 104 Å². The van der Waals surface area contributed by atoms with Crippen molar-refractivity contribution in [2.75, 3.05) is 5.32 Å². The van der Waals surface area contributed by atoms with Crippen LogP contribution >= 0.6 is 0 Å². The number of aromatic amines is 1. The van der Waals surface area contributed by atoms with Crippen molar-refractivity contribution in [3.63, 3.8) is 0 Å². The van der Waals surface area contributed by atoms with E-state index in [1.165, 1.54) is 12.1 Å². The molecule has 2 aromatic rings. The summed E-state index contributed by atoms with van der Waals surface area (Å²) in [4.78, 5) is 22.7. The van der Waals surface area contributed by atoms with Crippen LogP contribution in [0.4, 0.5) is 5.69 Å². The van der Waals surface area contributed by atoms with E-state index in [9.17, 15) is 9.59 Å². The van der Waals surface area contributed by atoms with E-state index < -0.39 is 0 Å². The highest BCUT2D eigenvalue weighted by Crippen LogP contribution is 2.16. The lowest BCUT2D eigenvalue weighted by Crippen LogP contribution is -2.18. The van der Waals surface area contributed by atoms with E-state index in [1.54, 1.807) is 0 Å². The smallest absolute Gasteiger partial charge is 0.276 e. The number of carbonyl (C=O) groups excluding carboxylic acids is 1. The number of rotatable bonds is 2. The van der Waals surface area contributed by atoms with Crippen molar-refractivity contribution in [3.8, 4) is 0 Å². The van der Waals surface area contributed by atoms with Gasteiger partial charge in [-0.05, 0) is 37.1 Å². The second-order valence-electron chi connectivity index (χ2n) is 4.08. The Morgan fingerprint density at radius 2 is 2.00 bits per heavy atom. The van der Waals surface area contributed by atoms with Crippen molar-refractivity contribution in [2.45, 2.75) is 13.8 Å². The quantitative estimate of drug-likeness (QED) is 0.842. The van der Waals surface area contributed by atoms with E-state index in [0.717, 1.165) is 16.8 Å². The first kappa shape index (κ1) is 12.0. The summed E-state index contributed by atoms with van der Waals surface area (Å²) in [7, 11) is 0. The first-order valence-corrected chi connectivity index (χ1v) is 5.50. The molecule has 1 aromatic heterocycles. The third-order valence-corrected chi connectivity index (χ3v) is 2.55. The van der Waals surface area contributed by atoms with E-state index in [0.29, 0.717) is 0 Å². The Hall–Kier alpha value is -2.43. The Balaban J connectivity index is 2.23. The Morgan fingerprint density at radius 3 is 2.67 bits per heavy atom. The summed E-state index contributed by atoms with van der Waals surface area (Å²) in [6.45, 7) is 3.86. The molecule has 0 spiro atoms. The van der Waals surface area contributed by atoms with Gasteiger partial charge in [-0.15, -0.1) is 0 Å². The summed E-state index contributed by atoms with van der Waals surface area (Å²) < 4.78 is 0. The number of nitrogens with zero attached hydrogens (tertiary/aromatic N) is 1. The van der Waals surface area contributed by atoms with Gasteiger partial charge in [0.1, 0.15) is 5.69 Å². The summed E-state index contributed by atoms with van der Waals surface area (Å²) >= 11 is 0. The zero-order chi connectivity index (χ0) is 13.1. The minimum atomic E-state index is -0.347. The highest BCUT2D eigenvalue weighted by Gasteiger charge is 2.09. The lowest BCUT2D eigenvalue weighted by Gasteiger charge is -2.08. The third kappa shape index (κ3) is 2.63. The van der Waals surface area contributed by atoms with Crippen molar-refractivity contribution in [3.05, 3.63) is 57.5 Å². The van der Waals surface area contributed by atoms with Gasteiger partial charge in [0.25, 0.3) is 11.5 Å². The van der Waals surface area contributed by atoms with Gasteiger partial charge in [-0.1, -0.05) is 12.1 Å². The molecule has 0 aliphatic heterocycles. The number of H-pyrrole nitrogens is 1. The fourth-order valence-electron chi connectivity index (χ4n) is 1.53. The van der Waals surface area contributed by atoms with Crippen LogP contribution in [-0.2, 0) is 0 Å². The Morgan fingerprint density at radius 1 is 1.22 bits per heavy atom. The molecule has 0 radical (unpaired) electrons. The maximum Gasteiger partial charge on any atom is 0.276 e. The van der Waals surface area contributed by atoms with Crippen LogP contribution in [0.3, 0.4) is 0 Å². The van der Waals surface area contributed by atoms with Crippen LogP contribution in [0.1, 0.15) is 21.6 Å². The van der Waals surface area contributed by atoms with Gasteiger partial charge in [0.2, 0.25) is 0 Å². The fourth-order valence-corrected chi connectivity index (χ4v) is 1.53. The van der Waals surface area contributed by atoms with Crippen molar-refractivity contribution in [1.29, 1.82) is 0 Å². The summed E-state index contributed by atoms with van der Waals surface area (Å²) in [6.07, 6.45) is 0. The molecular formula is C13H13N3O2. The molecule has 0 atom stereocenters. The van der Waals surface area contributed by atoms with Crippen LogP contribution in [0.2, 0.25) is 0 Å². The number of carbonyl (C=O) groups is 1. The van der Waals surface area contributed by atoms with Gasteiger partial charge in [-0.2, -0.15) is 5.10 Å². The topological polar surface area (TPSA) is 74.8 Å². The first-order valence-electron chi connectivity index (χ1n) is 5.50. The average molecular weight is 243 g/mol. The van der Waals surface area contributed by atoms with Gasteiger partial charge in [-0.3, -0.25) is 9.59 Å². The summed E-state index contributed by atoms with van der Waals surface area (Å²) in [5, 5.41) is 8.67. The summed E-state index contributed by atoms with van der Waals surface area (Å²) in [5.41, 5.74) is 2.62. The minimum Gasteiger partial charge on any atom is -0.320 e. The molecule has 5 nitrogen and oxygen atoms in total. The van der Waals surface area contributed by atoms with Crippen LogP contribution in [0.15, 0.2) is 35.1 Å². The molecule has 0 aliphatic rings. The SMILES string of the molecule is Cc1ccc(C)c(NC(=O)c2ccc(=O)[nH]n2)c1. The second kappa shape index (κ2) is 4.83. The zero-order valence-electron chi connectivity index (χ0n) is 10.2. The number of hydrogen-bond donors (Lipinski definition) is 2. The van der Waals surface area contributed by atoms with Gasteiger partial charge in [0, 0.05) is 11.8 Å². The van der Waals surface area contributed by atoms with Gasteiger partial charge < -0.3 is 5.32 Å². The highest BCUT2D eigenvalue weighted by atomic mass is 16.2. The molecular weight excluding hydrogens is 230 g/mol. The molecule has 1 aromatic carbocycles. The van der Waals surface area contributed by atoms with Gasteiger partial charge in [0.15, 0.2) is 0 Å². The Kier molecular flexibility index (Phi) is 3.23.